The third kappa shape index (κ3) is 3.03. The number of aliphatic hydroxyl groups is 2. The second kappa shape index (κ2) is 7.27. The van der Waals surface area contributed by atoms with E-state index < -0.39 is 18.4 Å². The molecule has 0 spiro atoms. The summed E-state index contributed by atoms with van der Waals surface area (Å²) in [5, 5.41) is 19.6. The Hall–Kier alpha value is -2.88. The van der Waals surface area contributed by atoms with Crippen LogP contribution in [-0.2, 0) is 4.74 Å². The molecule has 3 aromatic rings. The highest BCUT2D eigenvalue weighted by atomic mass is 16.5. The molecule has 1 aromatic carbocycles. The van der Waals surface area contributed by atoms with Crippen molar-refractivity contribution in [3.05, 3.63) is 48.0 Å². The van der Waals surface area contributed by atoms with Gasteiger partial charge in [0.05, 0.1) is 12.7 Å². The number of hydrogen-bond acceptors (Lipinski definition) is 8. The van der Waals surface area contributed by atoms with Crippen molar-refractivity contribution in [2.75, 3.05) is 25.6 Å². The fourth-order valence-electron chi connectivity index (χ4n) is 3.41. The van der Waals surface area contributed by atoms with Gasteiger partial charge in [0.1, 0.15) is 18.7 Å². The number of benzene rings is 1. The molecule has 4 rings (SSSR count). The first kappa shape index (κ1) is 18.5. The molecule has 1 saturated heterocycles. The summed E-state index contributed by atoms with van der Waals surface area (Å²) < 4.78 is 7.39. The Morgan fingerprint density at radius 3 is 2.68 bits per heavy atom. The smallest absolute Gasteiger partial charge is 0.228 e. The van der Waals surface area contributed by atoms with Crippen molar-refractivity contribution in [3.8, 4) is 0 Å². The van der Waals surface area contributed by atoms with E-state index in [9.17, 15) is 15.0 Å². The summed E-state index contributed by atoms with van der Waals surface area (Å²) >= 11 is 0. The molecule has 0 aliphatic carbocycles. The molecular formula is C19H21N5O4. The number of aliphatic hydroxyl groups excluding tert-OH is 2. The van der Waals surface area contributed by atoms with Crippen LogP contribution in [-0.4, -0.2) is 68.4 Å². The number of carbonyl (C=O) groups is 1. The highest BCUT2D eigenvalue weighted by Gasteiger charge is 2.38. The Morgan fingerprint density at radius 1 is 1.29 bits per heavy atom. The van der Waals surface area contributed by atoms with E-state index in [1.807, 2.05) is 20.2 Å². The molecule has 3 heterocycles. The molecule has 0 unspecified atom stereocenters. The van der Waals surface area contributed by atoms with Crippen LogP contribution in [0, 0.1) is 0 Å². The molecule has 28 heavy (non-hydrogen) atoms. The van der Waals surface area contributed by atoms with Crippen LogP contribution in [0.2, 0.25) is 0 Å². The van der Waals surface area contributed by atoms with Gasteiger partial charge in [-0.05, 0) is 0 Å². The van der Waals surface area contributed by atoms with Gasteiger partial charge >= 0.3 is 0 Å². The third-order valence-corrected chi connectivity index (χ3v) is 4.79. The number of aromatic nitrogens is 4. The largest absolute Gasteiger partial charge is 0.394 e. The van der Waals surface area contributed by atoms with E-state index >= 15 is 0 Å². The van der Waals surface area contributed by atoms with Crippen molar-refractivity contribution in [3.63, 3.8) is 0 Å². The van der Waals surface area contributed by atoms with Crippen molar-refractivity contribution in [1.29, 1.82) is 0 Å². The maximum Gasteiger partial charge on any atom is 0.228 e. The molecule has 1 aliphatic rings. The Kier molecular flexibility index (Phi) is 4.80. The summed E-state index contributed by atoms with van der Waals surface area (Å²) in [5.41, 5.74) is 1.39. The first-order valence-corrected chi connectivity index (χ1v) is 8.95. The van der Waals surface area contributed by atoms with Gasteiger partial charge in [0, 0.05) is 26.1 Å². The average molecular weight is 383 g/mol. The lowest BCUT2D eigenvalue weighted by molar-refractivity contribution is -0.0436. The van der Waals surface area contributed by atoms with E-state index in [0.717, 1.165) is 0 Å². The van der Waals surface area contributed by atoms with Crippen LogP contribution in [0.3, 0.4) is 0 Å². The van der Waals surface area contributed by atoms with E-state index in [-0.39, 0.29) is 24.6 Å². The van der Waals surface area contributed by atoms with Crippen molar-refractivity contribution in [1.82, 2.24) is 19.5 Å². The summed E-state index contributed by atoms with van der Waals surface area (Å²) in [4.78, 5) is 28.1. The van der Waals surface area contributed by atoms with Crippen LogP contribution in [0.25, 0.3) is 11.2 Å². The van der Waals surface area contributed by atoms with Gasteiger partial charge < -0.3 is 19.8 Å². The summed E-state index contributed by atoms with van der Waals surface area (Å²) in [6, 6.07) is 8.82. The second-order valence-electron chi connectivity index (χ2n) is 6.88. The summed E-state index contributed by atoms with van der Waals surface area (Å²) in [7, 11) is 3.66. The van der Waals surface area contributed by atoms with Gasteiger partial charge in [0.25, 0.3) is 0 Å². The van der Waals surface area contributed by atoms with Gasteiger partial charge in [0.2, 0.25) is 5.78 Å². The third-order valence-electron chi connectivity index (χ3n) is 4.79. The maximum absolute atomic E-state index is 13.2. The van der Waals surface area contributed by atoms with Gasteiger partial charge in [-0.1, -0.05) is 30.3 Å². The number of nitrogens with zero attached hydrogens (tertiary/aromatic N) is 5. The molecule has 0 amide bonds. The molecule has 2 N–H and O–H groups in total. The fraction of sp³-hybridized carbons (Fsp3) is 0.368. The Labute approximate surface area is 161 Å². The first-order chi connectivity index (χ1) is 13.5. The molecule has 9 nitrogen and oxygen atoms in total. The average Bonchev–Trinajstić information content (AvgIpc) is 3.27. The van der Waals surface area contributed by atoms with Crippen LogP contribution in [0.4, 0.5) is 5.82 Å². The van der Waals surface area contributed by atoms with Gasteiger partial charge in [0.15, 0.2) is 22.8 Å². The zero-order valence-electron chi connectivity index (χ0n) is 15.6. The first-order valence-electron chi connectivity index (χ1n) is 8.95. The van der Waals surface area contributed by atoms with E-state index in [2.05, 4.69) is 15.0 Å². The van der Waals surface area contributed by atoms with Crippen LogP contribution in [0.5, 0.6) is 0 Å². The second-order valence-corrected chi connectivity index (χ2v) is 6.88. The standard InChI is InChI=1S/C19H21N5O4/c1-23(2)17-15-18(21-10-20-17)24(14-8-12(26)13(9-25)28-14)19(22-15)16(27)11-6-4-3-5-7-11/h3-7,10,12-14,25-26H,8-9H2,1-2H3/t12-,13+,14+/m0/s1. The maximum atomic E-state index is 13.2. The number of ketones is 1. The molecule has 0 saturated carbocycles. The summed E-state index contributed by atoms with van der Waals surface area (Å²) in [5.74, 6) is 0.442. The predicted molar refractivity (Wildman–Crippen MR) is 101 cm³/mol. The lowest BCUT2D eigenvalue weighted by atomic mass is 10.1. The summed E-state index contributed by atoms with van der Waals surface area (Å²) in [6.45, 7) is -0.315. The molecule has 146 valence electrons. The SMILES string of the molecule is CN(C)c1ncnc2c1nc(C(=O)c1ccccc1)n2[C@H]1C[C@H](O)[C@@H](CO)O1. The van der Waals surface area contributed by atoms with Gasteiger partial charge in [-0.3, -0.25) is 9.36 Å². The molecule has 3 atom stereocenters. The molecule has 0 bridgehead atoms. The molecule has 1 fully saturated rings. The predicted octanol–water partition coefficient (Wildman–Crippen LogP) is 0.764. The highest BCUT2D eigenvalue weighted by molar-refractivity contribution is 6.08. The Bertz CT molecular complexity index is 1000. The van der Waals surface area contributed by atoms with Crippen molar-refractivity contribution >= 4 is 22.8 Å². The minimum atomic E-state index is -0.845. The zero-order valence-corrected chi connectivity index (χ0v) is 15.6. The number of ether oxygens (including phenoxy) is 1. The van der Waals surface area contributed by atoms with E-state index in [1.54, 1.807) is 33.7 Å². The molecule has 9 heteroatoms. The Balaban J connectivity index is 1.90. The number of carbonyl (C=O) groups excluding carboxylic acids is 1. The molecule has 0 radical (unpaired) electrons. The van der Waals surface area contributed by atoms with Crippen LogP contribution in [0.1, 0.15) is 28.8 Å². The molecule has 2 aromatic heterocycles. The normalized spacial score (nSPS) is 21.9. The number of anilines is 1. The topological polar surface area (TPSA) is 114 Å². The highest BCUT2D eigenvalue weighted by Crippen LogP contribution is 2.34. The number of fused-ring (bicyclic) bond motifs is 1. The van der Waals surface area contributed by atoms with Gasteiger partial charge in [-0.25, -0.2) is 15.0 Å². The van der Waals surface area contributed by atoms with Crippen molar-refractivity contribution in [2.24, 2.45) is 0 Å². The number of imidazole rings is 1. The minimum absolute atomic E-state index is 0.153. The fourth-order valence-corrected chi connectivity index (χ4v) is 3.41. The van der Waals surface area contributed by atoms with Crippen LogP contribution >= 0.6 is 0 Å². The van der Waals surface area contributed by atoms with Gasteiger partial charge in [-0.2, -0.15) is 0 Å². The van der Waals surface area contributed by atoms with Gasteiger partial charge in [-0.15, -0.1) is 0 Å². The molecule has 1 aliphatic heterocycles. The van der Waals surface area contributed by atoms with Crippen LogP contribution < -0.4 is 4.90 Å². The minimum Gasteiger partial charge on any atom is -0.394 e. The van der Waals surface area contributed by atoms with E-state index in [4.69, 9.17) is 4.74 Å². The zero-order chi connectivity index (χ0) is 19.8. The van der Waals surface area contributed by atoms with Crippen molar-refractivity contribution in [2.45, 2.75) is 24.9 Å². The van der Waals surface area contributed by atoms with Crippen molar-refractivity contribution < 1.29 is 19.7 Å². The Morgan fingerprint density at radius 2 is 2.04 bits per heavy atom. The van der Waals surface area contributed by atoms with E-state index in [0.29, 0.717) is 22.5 Å². The quantitative estimate of drug-likeness (QED) is 0.621. The number of rotatable bonds is 5. The molecular weight excluding hydrogens is 362 g/mol. The number of hydrogen-bond donors (Lipinski definition) is 2. The lowest BCUT2D eigenvalue weighted by Gasteiger charge is -2.16. The lowest BCUT2D eigenvalue weighted by Crippen LogP contribution is -2.24. The monoisotopic (exact) mass is 383 g/mol. The van der Waals surface area contributed by atoms with Crippen LogP contribution in [0.15, 0.2) is 36.7 Å². The summed E-state index contributed by atoms with van der Waals surface area (Å²) in [6.07, 6.45) is -0.626. The van der Waals surface area contributed by atoms with E-state index in [1.165, 1.54) is 6.33 Å².